The molecule has 0 bridgehead atoms. The predicted molar refractivity (Wildman–Crippen MR) is 119 cm³/mol. The number of rotatable bonds is 6. The summed E-state index contributed by atoms with van der Waals surface area (Å²) in [7, 11) is 1.64. The van der Waals surface area contributed by atoms with Gasteiger partial charge in [0.25, 0.3) is 0 Å². The van der Waals surface area contributed by atoms with E-state index in [0.717, 1.165) is 28.8 Å². The van der Waals surface area contributed by atoms with Crippen molar-refractivity contribution in [1.29, 1.82) is 0 Å². The Hall–Kier alpha value is -3.02. The number of aryl methyl sites for hydroxylation is 2. The molecule has 0 unspecified atom stereocenters. The molecule has 1 heterocycles. The van der Waals surface area contributed by atoms with Crippen LogP contribution in [0.4, 0.5) is 0 Å². The Morgan fingerprint density at radius 2 is 1.83 bits per heavy atom. The van der Waals surface area contributed by atoms with Crippen LogP contribution in [0.15, 0.2) is 60.7 Å². The van der Waals surface area contributed by atoms with Gasteiger partial charge in [0.1, 0.15) is 11.6 Å². The van der Waals surface area contributed by atoms with Gasteiger partial charge in [-0.25, -0.2) is 9.78 Å². The van der Waals surface area contributed by atoms with Gasteiger partial charge < -0.3 is 14.4 Å². The van der Waals surface area contributed by atoms with Crippen LogP contribution in [-0.2, 0) is 13.0 Å². The van der Waals surface area contributed by atoms with Crippen molar-refractivity contribution in [3.8, 4) is 17.1 Å². The summed E-state index contributed by atoms with van der Waals surface area (Å²) in [5, 5.41) is 10.4. The molecule has 0 atom stereocenters. The minimum Gasteiger partial charge on any atom is -0.497 e. The third kappa shape index (κ3) is 3.99. The van der Waals surface area contributed by atoms with Crippen LogP contribution in [0.5, 0.6) is 5.75 Å². The zero-order chi connectivity index (χ0) is 21.3. The number of carbonyl (C=O) groups is 1. The number of ether oxygens (including phenoxy) is 1. The van der Waals surface area contributed by atoms with Gasteiger partial charge in [-0.3, -0.25) is 0 Å². The number of aromatic nitrogens is 2. The summed E-state index contributed by atoms with van der Waals surface area (Å²) in [5.74, 6) is 0.486. The van der Waals surface area contributed by atoms with Gasteiger partial charge in [-0.1, -0.05) is 35.3 Å². The molecule has 0 spiro atoms. The van der Waals surface area contributed by atoms with Crippen LogP contribution in [0.1, 0.15) is 15.9 Å². The highest BCUT2D eigenvalue weighted by atomic mass is 35.5. The highest BCUT2D eigenvalue weighted by Gasteiger charge is 2.17. The lowest BCUT2D eigenvalue weighted by Crippen LogP contribution is -2.04. The van der Waals surface area contributed by atoms with Crippen molar-refractivity contribution in [3.63, 3.8) is 0 Å². The van der Waals surface area contributed by atoms with E-state index < -0.39 is 5.97 Å². The van der Waals surface area contributed by atoms with Crippen molar-refractivity contribution in [2.24, 2.45) is 0 Å². The molecule has 5 nitrogen and oxygen atoms in total. The molecule has 4 aromatic rings. The minimum absolute atomic E-state index is 0.191. The molecule has 0 radical (unpaired) electrons. The van der Waals surface area contributed by atoms with Gasteiger partial charge >= 0.3 is 5.97 Å². The summed E-state index contributed by atoms with van der Waals surface area (Å²) in [5.41, 5.74) is 3.52. The number of carboxylic acid groups (broad SMARTS) is 1. The minimum atomic E-state index is -0.990. The first-order valence-corrected chi connectivity index (χ1v) is 10.0. The third-order valence-electron chi connectivity index (χ3n) is 4.95. The van der Waals surface area contributed by atoms with E-state index in [2.05, 4.69) is 4.57 Å². The molecule has 0 aliphatic carbocycles. The SMILES string of the molecule is COc1ccc(CCn2c(-c3ccc(Cl)cc3Cl)nc3cc(C(=O)O)ccc32)cc1. The first kappa shape index (κ1) is 20.3. The second-order valence-electron chi connectivity index (χ2n) is 6.82. The van der Waals surface area contributed by atoms with Crippen LogP contribution in [0.2, 0.25) is 10.0 Å². The van der Waals surface area contributed by atoms with Gasteiger partial charge in [0.05, 0.1) is 28.7 Å². The van der Waals surface area contributed by atoms with Crippen LogP contribution in [0.3, 0.4) is 0 Å². The number of halogens is 2. The Morgan fingerprint density at radius 3 is 2.50 bits per heavy atom. The molecular formula is C23H18Cl2N2O3. The second-order valence-corrected chi connectivity index (χ2v) is 7.66. The number of methoxy groups -OCH3 is 1. The fourth-order valence-electron chi connectivity index (χ4n) is 3.40. The van der Waals surface area contributed by atoms with Crippen LogP contribution >= 0.6 is 23.2 Å². The molecule has 152 valence electrons. The van der Waals surface area contributed by atoms with Crippen LogP contribution in [0, 0.1) is 0 Å². The van der Waals surface area contributed by atoms with Gasteiger partial charge in [-0.15, -0.1) is 0 Å². The molecule has 1 N–H and O–H groups in total. The van der Waals surface area contributed by atoms with Gasteiger partial charge in [0, 0.05) is 17.1 Å². The first-order chi connectivity index (χ1) is 14.5. The van der Waals surface area contributed by atoms with Gasteiger partial charge in [0.15, 0.2) is 0 Å². The lowest BCUT2D eigenvalue weighted by atomic mass is 10.1. The van der Waals surface area contributed by atoms with E-state index in [1.54, 1.807) is 37.4 Å². The summed E-state index contributed by atoms with van der Waals surface area (Å²) in [6.45, 7) is 0.642. The fourth-order valence-corrected chi connectivity index (χ4v) is 3.89. The number of carboxylic acids is 1. The Balaban J connectivity index is 1.78. The monoisotopic (exact) mass is 440 g/mol. The van der Waals surface area contributed by atoms with Crippen LogP contribution in [0.25, 0.3) is 22.4 Å². The largest absolute Gasteiger partial charge is 0.497 e. The standard InChI is InChI=1S/C23H18Cl2N2O3/c1-30-17-6-2-14(3-7-17)10-11-27-21-9-4-15(23(28)29)12-20(21)26-22(27)18-8-5-16(24)13-19(18)25/h2-9,12-13H,10-11H2,1H3,(H,28,29). The summed E-state index contributed by atoms with van der Waals surface area (Å²) >= 11 is 12.5. The molecule has 0 amide bonds. The Morgan fingerprint density at radius 1 is 1.07 bits per heavy atom. The van der Waals surface area contributed by atoms with Crippen molar-refractivity contribution in [2.45, 2.75) is 13.0 Å². The van der Waals surface area contributed by atoms with E-state index in [-0.39, 0.29) is 5.56 Å². The summed E-state index contributed by atoms with van der Waals surface area (Å²) in [6.07, 6.45) is 0.758. The van der Waals surface area contributed by atoms with Gasteiger partial charge in [-0.05, 0) is 60.5 Å². The molecule has 0 saturated heterocycles. The number of hydrogen-bond donors (Lipinski definition) is 1. The maximum absolute atomic E-state index is 11.4. The number of benzene rings is 3. The molecule has 4 rings (SSSR count). The van der Waals surface area contributed by atoms with Crippen LogP contribution < -0.4 is 4.74 Å². The van der Waals surface area contributed by atoms with E-state index >= 15 is 0 Å². The number of fused-ring (bicyclic) bond motifs is 1. The molecular weight excluding hydrogens is 423 g/mol. The highest BCUT2D eigenvalue weighted by molar-refractivity contribution is 6.36. The molecule has 0 aliphatic heterocycles. The van der Waals surface area contributed by atoms with E-state index in [9.17, 15) is 9.90 Å². The third-order valence-corrected chi connectivity index (χ3v) is 5.50. The Labute approximate surface area is 183 Å². The highest BCUT2D eigenvalue weighted by Crippen LogP contribution is 2.33. The quantitative estimate of drug-likeness (QED) is 0.401. The van der Waals surface area contributed by atoms with E-state index in [1.165, 1.54) is 0 Å². The van der Waals surface area contributed by atoms with Crippen molar-refractivity contribution in [3.05, 3.63) is 81.8 Å². The summed E-state index contributed by atoms with van der Waals surface area (Å²) in [4.78, 5) is 16.1. The van der Waals surface area contributed by atoms with Crippen molar-refractivity contribution in [2.75, 3.05) is 7.11 Å². The first-order valence-electron chi connectivity index (χ1n) is 9.28. The van der Waals surface area contributed by atoms with Gasteiger partial charge in [0.2, 0.25) is 0 Å². The number of aromatic carboxylic acids is 1. The maximum atomic E-state index is 11.4. The molecule has 7 heteroatoms. The fraction of sp³-hybridized carbons (Fsp3) is 0.130. The molecule has 3 aromatic carbocycles. The topological polar surface area (TPSA) is 64.4 Å². The normalized spacial score (nSPS) is 11.0. The second kappa shape index (κ2) is 8.38. The van der Waals surface area contributed by atoms with Crippen molar-refractivity contribution in [1.82, 2.24) is 9.55 Å². The number of hydrogen-bond acceptors (Lipinski definition) is 3. The maximum Gasteiger partial charge on any atom is 0.335 e. The van der Waals surface area contributed by atoms with Crippen molar-refractivity contribution >= 4 is 40.2 Å². The van der Waals surface area contributed by atoms with Crippen molar-refractivity contribution < 1.29 is 14.6 Å². The molecule has 0 aliphatic rings. The molecule has 30 heavy (non-hydrogen) atoms. The molecule has 1 aromatic heterocycles. The number of nitrogens with zero attached hydrogens (tertiary/aromatic N) is 2. The average Bonchev–Trinajstić information content (AvgIpc) is 3.10. The molecule has 0 saturated carbocycles. The Bertz CT molecular complexity index is 1230. The smallest absolute Gasteiger partial charge is 0.335 e. The zero-order valence-electron chi connectivity index (χ0n) is 16.1. The van der Waals surface area contributed by atoms with E-state index in [4.69, 9.17) is 32.9 Å². The lowest BCUT2D eigenvalue weighted by molar-refractivity contribution is 0.0697. The summed E-state index contributed by atoms with van der Waals surface area (Å²) in [6, 6.07) is 18.1. The predicted octanol–water partition coefficient (Wildman–Crippen LogP) is 5.96. The van der Waals surface area contributed by atoms with Gasteiger partial charge in [-0.2, -0.15) is 0 Å². The van der Waals surface area contributed by atoms with E-state index in [1.807, 2.05) is 30.3 Å². The zero-order valence-corrected chi connectivity index (χ0v) is 17.6. The number of imidazole rings is 1. The van der Waals surface area contributed by atoms with E-state index in [0.29, 0.717) is 27.9 Å². The molecule has 0 fully saturated rings. The lowest BCUT2D eigenvalue weighted by Gasteiger charge is -2.11. The Kier molecular flexibility index (Phi) is 5.66. The summed E-state index contributed by atoms with van der Waals surface area (Å²) < 4.78 is 7.27. The van der Waals surface area contributed by atoms with Crippen LogP contribution in [-0.4, -0.2) is 27.7 Å². The average molecular weight is 441 g/mol.